The third-order valence-electron chi connectivity index (χ3n) is 3.14. The van der Waals surface area contributed by atoms with E-state index in [2.05, 4.69) is 17.6 Å². The first-order valence-electron chi connectivity index (χ1n) is 6.87. The topological polar surface area (TPSA) is 54.3 Å². The van der Waals surface area contributed by atoms with Gasteiger partial charge in [-0.15, -0.1) is 0 Å². The van der Waals surface area contributed by atoms with Gasteiger partial charge in [-0.1, -0.05) is 37.3 Å². The summed E-state index contributed by atoms with van der Waals surface area (Å²) in [4.78, 5) is 11.8. The predicted molar refractivity (Wildman–Crippen MR) is 78.0 cm³/mol. The molecule has 0 aliphatic heterocycles. The highest BCUT2D eigenvalue weighted by Gasteiger charge is 2.12. The van der Waals surface area contributed by atoms with Crippen LogP contribution in [0.15, 0.2) is 53.1 Å². The Morgan fingerprint density at radius 1 is 1.20 bits per heavy atom. The van der Waals surface area contributed by atoms with E-state index < -0.39 is 0 Å². The van der Waals surface area contributed by atoms with E-state index in [4.69, 9.17) is 4.42 Å². The predicted octanol–water partition coefficient (Wildman–Crippen LogP) is 2.64. The molecule has 4 nitrogen and oxygen atoms in total. The van der Waals surface area contributed by atoms with Gasteiger partial charge in [0.15, 0.2) is 0 Å². The second-order valence-corrected chi connectivity index (χ2v) is 4.62. The molecule has 0 fully saturated rings. The van der Waals surface area contributed by atoms with E-state index in [0.717, 1.165) is 17.7 Å². The molecule has 1 atom stereocenters. The molecule has 1 heterocycles. The van der Waals surface area contributed by atoms with Crippen LogP contribution in [0.1, 0.15) is 30.7 Å². The molecule has 1 aromatic carbocycles. The maximum absolute atomic E-state index is 11.8. The Morgan fingerprint density at radius 3 is 2.65 bits per heavy atom. The van der Waals surface area contributed by atoms with E-state index >= 15 is 0 Å². The van der Waals surface area contributed by atoms with Crippen molar-refractivity contribution in [2.24, 2.45) is 0 Å². The smallest absolute Gasteiger partial charge is 0.234 e. The Morgan fingerprint density at radius 2 is 2.00 bits per heavy atom. The minimum absolute atomic E-state index is 0.0149. The highest BCUT2D eigenvalue weighted by Crippen LogP contribution is 2.16. The monoisotopic (exact) mass is 272 g/mol. The first-order valence-corrected chi connectivity index (χ1v) is 6.87. The van der Waals surface area contributed by atoms with Crippen molar-refractivity contribution in [1.29, 1.82) is 0 Å². The minimum atomic E-state index is -0.0149. The number of hydrogen-bond acceptors (Lipinski definition) is 3. The second-order valence-electron chi connectivity index (χ2n) is 4.62. The Hall–Kier alpha value is -2.07. The van der Waals surface area contributed by atoms with Gasteiger partial charge in [-0.2, -0.15) is 0 Å². The molecule has 0 aliphatic rings. The first kappa shape index (κ1) is 14.3. The molecule has 1 aromatic heterocycles. The molecule has 2 N–H and O–H groups in total. The van der Waals surface area contributed by atoms with Crippen molar-refractivity contribution in [1.82, 2.24) is 10.6 Å². The van der Waals surface area contributed by atoms with Gasteiger partial charge in [0.2, 0.25) is 5.91 Å². The molecule has 106 valence electrons. The van der Waals surface area contributed by atoms with Gasteiger partial charge in [-0.25, -0.2) is 0 Å². The van der Waals surface area contributed by atoms with Crippen LogP contribution < -0.4 is 10.6 Å². The second kappa shape index (κ2) is 7.50. The Labute approximate surface area is 119 Å². The molecule has 1 unspecified atom stereocenters. The van der Waals surface area contributed by atoms with Crippen molar-refractivity contribution in [3.8, 4) is 0 Å². The molecule has 0 aliphatic carbocycles. The summed E-state index contributed by atoms with van der Waals surface area (Å²) in [6.07, 6.45) is 2.52. The Balaban J connectivity index is 1.74. The molecular formula is C16H20N2O2. The van der Waals surface area contributed by atoms with Crippen LogP contribution in [0.3, 0.4) is 0 Å². The van der Waals surface area contributed by atoms with Crippen molar-refractivity contribution in [2.45, 2.75) is 25.9 Å². The fraction of sp³-hybridized carbons (Fsp3) is 0.312. The van der Waals surface area contributed by atoms with Crippen molar-refractivity contribution >= 4 is 5.91 Å². The highest BCUT2D eigenvalue weighted by atomic mass is 16.3. The minimum Gasteiger partial charge on any atom is -0.468 e. The van der Waals surface area contributed by atoms with Crippen molar-refractivity contribution in [3.63, 3.8) is 0 Å². The molecular weight excluding hydrogens is 252 g/mol. The third-order valence-corrected chi connectivity index (χ3v) is 3.14. The molecule has 2 aromatic rings. The normalized spacial score (nSPS) is 12.1. The number of carbonyl (C=O) groups excluding carboxylic acids is 1. The third kappa shape index (κ3) is 4.24. The average molecular weight is 272 g/mol. The molecule has 0 saturated carbocycles. The van der Waals surface area contributed by atoms with Crippen LogP contribution in [-0.2, 0) is 11.3 Å². The van der Waals surface area contributed by atoms with Crippen LogP contribution in [-0.4, -0.2) is 12.5 Å². The first-order chi connectivity index (χ1) is 9.79. The number of carbonyl (C=O) groups is 1. The van der Waals surface area contributed by atoms with Gasteiger partial charge in [0.25, 0.3) is 0 Å². The summed E-state index contributed by atoms with van der Waals surface area (Å²) in [7, 11) is 0. The SMILES string of the molecule is CCC(NCC(=O)NCc1ccccc1)c1ccco1. The Bertz CT molecular complexity index is 509. The zero-order valence-corrected chi connectivity index (χ0v) is 11.6. The molecule has 0 spiro atoms. The quantitative estimate of drug-likeness (QED) is 0.814. The maximum atomic E-state index is 11.8. The summed E-state index contributed by atoms with van der Waals surface area (Å²) in [5.74, 6) is 0.849. The van der Waals surface area contributed by atoms with Crippen LogP contribution in [0.25, 0.3) is 0 Å². The fourth-order valence-corrected chi connectivity index (χ4v) is 2.01. The number of nitrogens with one attached hydrogen (secondary N) is 2. The van der Waals surface area contributed by atoms with Crippen molar-refractivity contribution in [3.05, 3.63) is 60.1 Å². The molecule has 20 heavy (non-hydrogen) atoms. The summed E-state index contributed by atoms with van der Waals surface area (Å²) >= 11 is 0. The van der Waals surface area contributed by atoms with Gasteiger partial charge >= 0.3 is 0 Å². The van der Waals surface area contributed by atoms with Gasteiger partial charge < -0.3 is 9.73 Å². The number of hydrogen-bond donors (Lipinski definition) is 2. The molecule has 0 saturated heterocycles. The zero-order chi connectivity index (χ0) is 14.2. The lowest BCUT2D eigenvalue weighted by Gasteiger charge is -2.14. The van der Waals surface area contributed by atoms with Crippen LogP contribution in [0.4, 0.5) is 0 Å². The van der Waals surface area contributed by atoms with Gasteiger partial charge in [0.1, 0.15) is 5.76 Å². The van der Waals surface area contributed by atoms with Crippen molar-refractivity contribution in [2.75, 3.05) is 6.54 Å². The number of benzene rings is 1. The molecule has 4 heteroatoms. The lowest BCUT2D eigenvalue weighted by molar-refractivity contribution is -0.120. The van der Waals surface area contributed by atoms with E-state index in [1.807, 2.05) is 42.5 Å². The van der Waals surface area contributed by atoms with E-state index in [0.29, 0.717) is 6.54 Å². The lowest BCUT2D eigenvalue weighted by Crippen LogP contribution is -2.35. The zero-order valence-electron chi connectivity index (χ0n) is 11.6. The number of rotatable bonds is 7. The summed E-state index contributed by atoms with van der Waals surface area (Å²) < 4.78 is 5.35. The summed E-state index contributed by atoms with van der Waals surface area (Å²) in [5, 5.41) is 6.09. The van der Waals surface area contributed by atoms with Gasteiger partial charge in [0.05, 0.1) is 18.8 Å². The van der Waals surface area contributed by atoms with Crippen LogP contribution in [0, 0.1) is 0 Å². The Kier molecular flexibility index (Phi) is 5.38. The van der Waals surface area contributed by atoms with Crippen LogP contribution in [0.2, 0.25) is 0 Å². The van der Waals surface area contributed by atoms with Gasteiger partial charge in [0, 0.05) is 6.54 Å². The molecule has 2 rings (SSSR count). The maximum Gasteiger partial charge on any atom is 0.234 e. The molecule has 1 amide bonds. The van der Waals surface area contributed by atoms with E-state index in [1.165, 1.54) is 0 Å². The number of furan rings is 1. The summed E-state index contributed by atoms with van der Waals surface area (Å²) in [5.41, 5.74) is 1.10. The largest absolute Gasteiger partial charge is 0.468 e. The van der Waals surface area contributed by atoms with Crippen LogP contribution in [0.5, 0.6) is 0 Å². The summed E-state index contributed by atoms with van der Waals surface area (Å²) in [6.45, 7) is 2.90. The molecule has 0 radical (unpaired) electrons. The lowest BCUT2D eigenvalue weighted by atomic mass is 10.2. The fourth-order valence-electron chi connectivity index (χ4n) is 2.01. The highest BCUT2D eigenvalue weighted by molar-refractivity contribution is 5.78. The standard InChI is InChI=1S/C16H20N2O2/c1-2-14(15-9-6-10-20-15)17-12-16(19)18-11-13-7-4-3-5-8-13/h3-10,14,17H,2,11-12H2,1H3,(H,18,19). The van der Waals surface area contributed by atoms with Crippen LogP contribution >= 0.6 is 0 Å². The average Bonchev–Trinajstić information content (AvgIpc) is 3.01. The molecule has 0 bridgehead atoms. The van der Waals surface area contributed by atoms with Gasteiger partial charge in [-0.3, -0.25) is 10.1 Å². The van der Waals surface area contributed by atoms with E-state index in [-0.39, 0.29) is 18.5 Å². The summed E-state index contributed by atoms with van der Waals surface area (Å²) in [6, 6.07) is 13.7. The number of amides is 1. The van der Waals surface area contributed by atoms with E-state index in [9.17, 15) is 4.79 Å². The van der Waals surface area contributed by atoms with Gasteiger partial charge in [-0.05, 0) is 24.1 Å². The van der Waals surface area contributed by atoms with E-state index in [1.54, 1.807) is 6.26 Å². The van der Waals surface area contributed by atoms with Crippen molar-refractivity contribution < 1.29 is 9.21 Å².